The molecule has 128 valence electrons. The number of rotatable bonds is 5. The lowest BCUT2D eigenvalue weighted by atomic mass is 9.91. The van der Waals surface area contributed by atoms with E-state index >= 15 is 0 Å². The van der Waals surface area contributed by atoms with E-state index in [1.807, 2.05) is 13.0 Å². The molecule has 0 atom stereocenters. The van der Waals surface area contributed by atoms with Crippen LogP contribution in [0.1, 0.15) is 48.5 Å². The van der Waals surface area contributed by atoms with E-state index in [1.54, 1.807) is 12.4 Å². The average Bonchev–Trinajstić information content (AvgIpc) is 2.99. The van der Waals surface area contributed by atoms with Crippen LogP contribution in [0.3, 0.4) is 0 Å². The van der Waals surface area contributed by atoms with Crippen molar-refractivity contribution < 1.29 is 9.32 Å². The molecule has 1 aliphatic heterocycles. The second-order valence-electron chi connectivity index (χ2n) is 6.28. The number of piperidine rings is 1. The van der Waals surface area contributed by atoms with Crippen LogP contribution in [0.4, 0.5) is 0 Å². The summed E-state index contributed by atoms with van der Waals surface area (Å²) < 4.78 is 5.13. The molecule has 0 spiro atoms. The molecule has 0 unspecified atom stereocenters. The van der Waals surface area contributed by atoms with Gasteiger partial charge in [0.25, 0.3) is 0 Å². The van der Waals surface area contributed by atoms with Crippen molar-refractivity contribution in [1.82, 2.24) is 25.3 Å². The molecule has 7 heteroatoms. The molecule has 7 nitrogen and oxygen atoms in total. The minimum absolute atomic E-state index is 0.0515. The van der Waals surface area contributed by atoms with Crippen LogP contribution in [0.2, 0.25) is 0 Å². The molecule has 2 aromatic heterocycles. The molecule has 0 radical (unpaired) electrons. The van der Waals surface area contributed by atoms with E-state index in [2.05, 4.69) is 25.3 Å². The Morgan fingerprint density at radius 2 is 2.08 bits per heavy atom. The van der Waals surface area contributed by atoms with Gasteiger partial charge >= 0.3 is 0 Å². The standard InChI is InChI=1S/C17H23N5O2/c1-12-9-15(21-24-12)11-22-7-3-14(4-8-22)17-16(10-20-13(2)23)18-5-6-19-17/h5-6,9,14H,3-4,7-8,10-11H2,1-2H3,(H,20,23). The van der Waals surface area contributed by atoms with Crippen LogP contribution in [-0.2, 0) is 17.9 Å². The first kappa shape index (κ1) is 16.6. The van der Waals surface area contributed by atoms with Crippen LogP contribution in [0.5, 0.6) is 0 Å². The first-order valence-corrected chi connectivity index (χ1v) is 8.30. The van der Waals surface area contributed by atoms with E-state index in [-0.39, 0.29) is 5.91 Å². The summed E-state index contributed by atoms with van der Waals surface area (Å²) in [5.41, 5.74) is 2.87. The van der Waals surface area contributed by atoms with Crippen molar-refractivity contribution in [2.75, 3.05) is 13.1 Å². The molecule has 1 saturated heterocycles. The first-order valence-electron chi connectivity index (χ1n) is 8.30. The Kier molecular flexibility index (Phi) is 5.20. The lowest BCUT2D eigenvalue weighted by Crippen LogP contribution is -2.33. The van der Waals surface area contributed by atoms with Crippen molar-refractivity contribution in [2.45, 2.75) is 45.7 Å². The van der Waals surface area contributed by atoms with Crippen molar-refractivity contribution in [1.29, 1.82) is 0 Å². The van der Waals surface area contributed by atoms with E-state index in [0.29, 0.717) is 12.5 Å². The summed E-state index contributed by atoms with van der Waals surface area (Å²) in [5, 5.41) is 6.88. The SMILES string of the molecule is CC(=O)NCc1nccnc1C1CCN(Cc2cc(C)on2)CC1. The number of carbonyl (C=O) groups is 1. The van der Waals surface area contributed by atoms with E-state index in [9.17, 15) is 4.79 Å². The van der Waals surface area contributed by atoms with E-state index in [4.69, 9.17) is 4.52 Å². The monoisotopic (exact) mass is 329 g/mol. The zero-order valence-corrected chi connectivity index (χ0v) is 14.2. The van der Waals surface area contributed by atoms with Crippen LogP contribution < -0.4 is 5.32 Å². The molecule has 24 heavy (non-hydrogen) atoms. The lowest BCUT2D eigenvalue weighted by molar-refractivity contribution is -0.119. The number of amides is 1. The summed E-state index contributed by atoms with van der Waals surface area (Å²) in [4.78, 5) is 22.5. The maximum absolute atomic E-state index is 11.1. The first-order chi connectivity index (χ1) is 11.6. The Morgan fingerprint density at radius 3 is 2.75 bits per heavy atom. The third kappa shape index (κ3) is 4.17. The third-order valence-corrected chi connectivity index (χ3v) is 4.35. The normalized spacial score (nSPS) is 16.2. The van der Waals surface area contributed by atoms with Gasteiger partial charge in [0.2, 0.25) is 5.91 Å². The molecular formula is C17H23N5O2. The predicted octanol–water partition coefficient (Wildman–Crippen LogP) is 1.79. The Balaban J connectivity index is 1.59. The van der Waals surface area contributed by atoms with Gasteiger partial charge in [-0.05, 0) is 32.9 Å². The Labute approximate surface area is 141 Å². The molecule has 0 saturated carbocycles. The molecule has 1 amide bonds. The van der Waals surface area contributed by atoms with Gasteiger partial charge < -0.3 is 9.84 Å². The maximum Gasteiger partial charge on any atom is 0.217 e. The minimum atomic E-state index is -0.0515. The van der Waals surface area contributed by atoms with Gasteiger partial charge in [0.1, 0.15) is 5.76 Å². The van der Waals surface area contributed by atoms with Crippen molar-refractivity contribution >= 4 is 5.91 Å². The van der Waals surface area contributed by atoms with Gasteiger partial charge in [-0.2, -0.15) is 0 Å². The summed E-state index contributed by atoms with van der Waals surface area (Å²) >= 11 is 0. The van der Waals surface area contributed by atoms with Crippen molar-refractivity contribution in [2.24, 2.45) is 0 Å². The molecule has 1 N–H and O–H groups in total. The molecular weight excluding hydrogens is 306 g/mol. The van der Waals surface area contributed by atoms with Crippen LogP contribution in [-0.4, -0.2) is 39.0 Å². The van der Waals surface area contributed by atoms with Gasteiger partial charge in [-0.25, -0.2) is 0 Å². The highest BCUT2D eigenvalue weighted by atomic mass is 16.5. The Hall–Kier alpha value is -2.28. The quantitative estimate of drug-likeness (QED) is 0.900. The number of hydrogen-bond donors (Lipinski definition) is 1. The highest BCUT2D eigenvalue weighted by Crippen LogP contribution is 2.28. The van der Waals surface area contributed by atoms with Gasteiger partial charge in [0.05, 0.1) is 23.6 Å². The number of aryl methyl sites for hydroxylation is 1. The Bertz CT molecular complexity index is 692. The van der Waals surface area contributed by atoms with E-state index in [0.717, 1.165) is 55.3 Å². The number of nitrogens with one attached hydrogen (secondary N) is 1. The van der Waals surface area contributed by atoms with Crippen LogP contribution in [0.15, 0.2) is 23.0 Å². The summed E-state index contributed by atoms with van der Waals surface area (Å²) in [7, 11) is 0. The highest BCUT2D eigenvalue weighted by Gasteiger charge is 2.24. The molecule has 1 aliphatic rings. The van der Waals surface area contributed by atoms with Crippen LogP contribution >= 0.6 is 0 Å². The highest BCUT2D eigenvalue weighted by molar-refractivity contribution is 5.72. The van der Waals surface area contributed by atoms with Gasteiger partial charge in [-0.15, -0.1) is 0 Å². The van der Waals surface area contributed by atoms with Gasteiger partial charge in [0, 0.05) is 37.8 Å². The number of carbonyl (C=O) groups excluding carboxylic acids is 1. The molecule has 3 heterocycles. The number of nitrogens with zero attached hydrogens (tertiary/aromatic N) is 4. The predicted molar refractivity (Wildman–Crippen MR) is 88.0 cm³/mol. The van der Waals surface area contributed by atoms with Crippen molar-refractivity contribution in [3.8, 4) is 0 Å². The number of aromatic nitrogens is 3. The summed E-state index contributed by atoms with van der Waals surface area (Å²) in [6, 6.07) is 1.99. The topological polar surface area (TPSA) is 84.2 Å². The molecule has 1 fully saturated rings. The van der Waals surface area contributed by atoms with Gasteiger partial charge in [-0.3, -0.25) is 19.7 Å². The lowest BCUT2D eigenvalue weighted by Gasteiger charge is -2.31. The molecule has 2 aromatic rings. The summed E-state index contributed by atoms with van der Waals surface area (Å²) in [5.74, 6) is 1.18. The largest absolute Gasteiger partial charge is 0.361 e. The fourth-order valence-electron chi connectivity index (χ4n) is 3.15. The second-order valence-corrected chi connectivity index (χ2v) is 6.28. The third-order valence-electron chi connectivity index (χ3n) is 4.35. The number of hydrogen-bond acceptors (Lipinski definition) is 6. The molecule has 0 aliphatic carbocycles. The average molecular weight is 329 g/mol. The smallest absolute Gasteiger partial charge is 0.217 e. The van der Waals surface area contributed by atoms with Crippen molar-refractivity contribution in [3.05, 3.63) is 41.3 Å². The fraction of sp³-hybridized carbons (Fsp3) is 0.529. The zero-order valence-electron chi connectivity index (χ0n) is 14.2. The molecule has 0 bridgehead atoms. The maximum atomic E-state index is 11.1. The fourth-order valence-corrected chi connectivity index (χ4v) is 3.15. The summed E-state index contributed by atoms with van der Waals surface area (Å²) in [6.07, 6.45) is 5.48. The summed E-state index contributed by atoms with van der Waals surface area (Å²) in [6.45, 7) is 6.67. The number of likely N-dealkylation sites (tertiary alicyclic amines) is 1. The second kappa shape index (κ2) is 7.53. The Morgan fingerprint density at radius 1 is 1.33 bits per heavy atom. The van der Waals surface area contributed by atoms with Gasteiger partial charge in [0.15, 0.2) is 0 Å². The van der Waals surface area contributed by atoms with Crippen LogP contribution in [0, 0.1) is 6.92 Å². The van der Waals surface area contributed by atoms with Crippen molar-refractivity contribution in [3.63, 3.8) is 0 Å². The minimum Gasteiger partial charge on any atom is -0.361 e. The van der Waals surface area contributed by atoms with E-state index < -0.39 is 0 Å². The zero-order chi connectivity index (χ0) is 16.9. The molecule has 3 rings (SSSR count). The van der Waals surface area contributed by atoms with Crippen LogP contribution in [0.25, 0.3) is 0 Å². The molecule has 0 aromatic carbocycles. The van der Waals surface area contributed by atoms with Gasteiger partial charge in [-0.1, -0.05) is 5.16 Å². The van der Waals surface area contributed by atoms with E-state index in [1.165, 1.54) is 6.92 Å².